The Bertz CT molecular complexity index is 1220. The fourth-order valence-corrected chi connectivity index (χ4v) is 4.49. The molecule has 186 valence electrons. The van der Waals surface area contributed by atoms with Crippen LogP contribution in [-0.2, 0) is 9.47 Å². The van der Waals surface area contributed by atoms with E-state index in [4.69, 9.17) is 32.8 Å². The fourth-order valence-electron chi connectivity index (χ4n) is 4.49. The molecule has 2 aliphatic rings. The molecule has 2 unspecified atom stereocenters. The lowest BCUT2D eigenvalue weighted by Gasteiger charge is -2.26. The van der Waals surface area contributed by atoms with Crippen LogP contribution in [0.5, 0.6) is 23.0 Å². The number of hydrogen-bond donors (Lipinski definition) is 0. The molecule has 2 atom stereocenters. The molecular weight excluding hydrogens is 452 g/mol. The first-order chi connectivity index (χ1) is 17.2. The van der Waals surface area contributed by atoms with E-state index in [1.165, 1.54) is 20.5 Å². The molecule has 0 amide bonds. The van der Waals surface area contributed by atoms with Crippen LogP contribution < -0.4 is 24.4 Å². The first-order valence-corrected chi connectivity index (χ1v) is 12.1. The number of methoxy groups -OCH3 is 2. The van der Waals surface area contributed by atoms with Gasteiger partial charge in [0.15, 0.2) is 23.9 Å². The molecule has 35 heavy (non-hydrogen) atoms. The molecule has 5 rings (SSSR count). The molecular formula is C27H30O8. The molecule has 0 spiro atoms. The van der Waals surface area contributed by atoms with Gasteiger partial charge in [-0.25, -0.2) is 0 Å². The fraction of sp³-hybridized carbons (Fsp3) is 0.444. The van der Waals surface area contributed by atoms with Gasteiger partial charge < -0.3 is 32.8 Å². The summed E-state index contributed by atoms with van der Waals surface area (Å²) in [5.41, 5.74) is 1.03. The average molecular weight is 483 g/mol. The molecule has 2 saturated heterocycles. The van der Waals surface area contributed by atoms with Gasteiger partial charge in [0.2, 0.25) is 11.2 Å². The predicted octanol–water partition coefficient (Wildman–Crippen LogP) is 5.29. The summed E-state index contributed by atoms with van der Waals surface area (Å²) in [4.78, 5) is 13.6. The van der Waals surface area contributed by atoms with E-state index in [-0.39, 0.29) is 18.0 Å². The van der Waals surface area contributed by atoms with E-state index < -0.39 is 0 Å². The molecule has 0 saturated carbocycles. The number of ether oxygens (including phenoxy) is 6. The topological polar surface area (TPSA) is 85.6 Å². The molecule has 0 aliphatic carbocycles. The van der Waals surface area contributed by atoms with Crippen molar-refractivity contribution < 1.29 is 32.8 Å². The zero-order valence-electron chi connectivity index (χ0n) is 20.0. The highest BCUT2D eigenvalue weighted by atomic mass is 16.7. The lowest BCUT2D eigenvalue weighted by Crippen LogP contribution is -2.26. The maximum absolute atomic E-state index is 13.6. The molecule has 8 heteroatoms. The molecule has 0 bridgehead atoms. The predicted molar refractivity (Wildman–Crippen MR) is 129 cm³/mol. The maximum atomic E-state index is 13.6. The van der Waals surface area contributed by atoms with Crippen LogP contribution in [0.1, 0.15) is 38.5 Å². The monoisotopic (exact) mass is 482 g/mol. The zero-order chi connectivity index (χ0) is 24.2. The Hall–Kier alpha value is -3.23. The minimum Gasteiger partial charge on any atom is -0.493 e. The minimum absolute atomic E-state index is 0.215. The summed E-state index contributed by atoms with van der Waals surface area (Å²) in [6.07, 6.45) is 6.49. The summed E-state index contributed by atoms with van der Waals surface area (Å²) >= 11 is 0. The maximum Gasteiger partial charge on any atom is 0.204 e. The smallest absolute Gasteiger partial charge is 0.204 e. The first-order valence-electron chi connectivity index (χ1n) is 12.1. The van der Waals surface area contributed by atoms with E-state index in [0.717, 1.165) is 38.5 Å². The zero-order valence-corrected chi connectivity index (χ0v) is 20.0. The Balaban J connectivity index is 1.57. The Kier molecular flexibility index (Phi) is 7.11. The van der Waals surface area contributed by atoms with Gasteiger partial charge in [-0.1, -0.05) is 0 Å². The van der Waals surface area contributed by atoms with Crippen molar-refractivity contribution in [2.45, 2.75) is 51.1 Å². The summed E-state index contributed by atoms with van der Waals surface area (Å²) in [6.45, 7) is 1.33. The van der Waals surface area contributed by atoms with Gasteiger partial charge in [-0.2, -0.15) is 0 Å². The molecule has 3 aromatic rings. The second kappa shape index (κ2) is 10.6. The van der Waals surface area contributed by atoms with E-state index in [1.54, 1.807) is 18.2 Å². The Morgan fingerprint density at radius 3 is 2.17 bits per heavy atom. The van der Waals surface area contributed by atoms with Crippen LogP contribution in [0.4, 0.5) is 0 Å². The normalized spacial score (nSPS) is 20.4. The molecule has 2 aromatic carbocycles. The van der Waals surface area contributed by atoms with Gasteiger partial charge in [0.1, 0.15) is 17.8 Å². The molecule has 3 heterocycles. The van der Waals surface area contributed by atoms with Crippen molar-refractivity contribution in [2.24, 2.45) is 0 Å². The van der Waals surface area contributed by atoms with E-state index >= 15 is 0 Å². The Morgan fingerprint density at radius 2 is 1.51 bits per heavy atom. The van der Waals surface area contributed by atoms with Crippen molar-refractivity contribution in [1.82, 2.24) is 0 Å². The number of benzene rings is 2. The van der Waals surface area contributed by atoms with Crippen molar-refractivity contribution in [1.29, 1.82) is 0 Å². The van der Waals surface area contributed by atoms with Crippen LogP contribution in [0, 0.1) is 0 Å². The van der Waals surface area contributed by atoms with E-state index in [2.05, 4.69) is 0 Å². The minimum atomic E-state index is -0.368. The number of rotatable bonds is 7. The van der Waals surface area contributed by atoms with Crippen LogP contribution in [0.25, 0.3) is 22.1 Å². The van der Waals surface area contributed by atoms with Gasteiger partial charge in [0.05, 0.1) is 38.4 Å². The third kappa shape index (κ3) is 4.94. The van der Waals surface area contributed by atoms with Crippen molar-refractivity contribution in [3.05, 3.63) is 46.8 Å². The Labute approximate surface area is 203 Å². The molecule has 2 fully saturated rings. The van der Waals surface area contributed by atoms with Crippen LogP contribution in [-0.4, -0.2) is 40.0 Å². The van der Waals surface area contributed by atoms with Crippen LogP contribution in [0.3, 0.4) is 0 Å². The summed E-state index contributed by atoms with van der Waals surface area (Å²) in [6, 6.07) is 8.80. The third-order valence-electron chi connectivity index (χ3n) is 6.33. The summed E-state index contributed by atoms with van der Waals surface area (Å²) in [7, 11) is 3.05. The highest BCUT2D eigenvalue weighted by Crippen LogP contribution is 2.38. The Morgan fingerprint density at radius 1 is 0.800 bits per heavy atom. The third-order valence-corrected chi connectivity index (χ3v) is 6.33. The second-order valence-electron chi connectivity index (χ2n) is 8.64. The molecule has 8 nitrogen and oxygen atoms in total. The van der Waals surface area contributed by atoms with Crippen molar-refractivity contribution in [3.63, 3.8) is 0 Å². The SMILES string of the molecule is COc1ccc2c(=O)c(-c3cc(OC4CCCCO4)ccc3OC3CCCCO3)coc2c1OC. The van der Waals surface area contributed by atoms with Crippen LogP contribution in [0.2, 0.25) is 0 Å². The van der Waals surface area contributed by atoms with E-state index in [9.17, 15) is 4.79 Å². The van der Waals surface area contributed by atoms with Gasteiger partial charge in [0, 0.05) is 18.4 Å². The van der Waals surface area contributed by atoms with Crippen molar-refractivity contribution >= 4 is 11.0 Å². The van der Waals surface area contributed by atoms with Gasteiger partial charge in [0.25, 0.3) is 0 Å². The van der Waals surface area contributed by atoms with Crippen LogP contribution >= 0.6 is 0 Å². The van der Waals surface area contributed by atoms with Gasteiger partial charge in [-0.15, -0.1) is 0 Å². The van der Waals surface area contributed by atoms with E-state index in [0.29, 0.717) is 58.3 Å². The summed E-state index contributed by atoms with van der Waals surface area (Å²) in [5.74, 6) is 1.97. The number of hydrogen-bond acceptors (Lipinski definition) is 8. The quantitative estimate of drug-likeness (QED) is 0.449. The highest BCUT2D eigenvalue weighted by Gasteiger charge is 2.23. The average Bonchev–Trinajstić information content (AvgIpc) is 2.90. The highest BCUT2D eigenvalue weighted by molar-refractivity contribution is 5.89. The van der Waals surface area contributed by atoms with E-state index in [1.807, 2.05) is 12.1 Å². The summed E-state index contributed by atoms with van der Waals surface area (Å²) in [5, 5.41) is 0.377. The molecule has 0 radical (unpaired) electrons. The largest absolute Gasteiger partial charge is 0.493 e. The number of fused-ring (bicyclic) bond motifs is 1. The van der Waals surface area contributed by atoms with Crippen molar-refractivity contribution in [3.8, 4) is 34.1 Å². The summed E-state index contributed by atoms with van der Waals surface area (Å²) < 4.78 is 40.5. The standard InChI is InChI=1S/C27H30O8/c1-29-22-12-10-18-25(28)20(16-33-26(18)27(22)30-2)19-15-17(34-23-7-3-5-13-31-23)9-11-21(19)35-24-8-4-6-14-32-24/h9-12,15-16,23-24H,3-8,13-14H2,1-2H3. The second-order valence-corrected chi connectivity index (χ2v) is 8.64. The van der Waals surface area contributed by atoms with Crippen LogP contribution in [0.15, 0.2) is 45.8 Å². The first kappa shape index (κ1) is 23.5. The molecule has 0 N–H and O–H groups in total. The van der Waals surface area contributed by atoms with Crippen molar-refractivity contribution in [2.75, 3.05) is 27.4 Å². The van der Waals surface area contributed by atoms with Gasteiger partial charge in [-0.05, 0) is 56.0 Å². The lowest BCUT2D eigenvalue weighted by atomic mass is 10.0. The lowest BCUT2D eigenvalue weighted by molar-refractivity contribution is -0.107. The molecule has 2 aliphatic heterocycles. The van der Waals surface area contributed by atoms with Gasteiger partial charge in [-0.3, -0.25) is 4.79 Å². The van der Waals surface area contributed by atoms with Gasteiger partial charge >= 0.3 is 0 Å². The molecule has 1 aromatic heterocycles.